The number of hydrogen-bond donors (Lipinski definition) is 2. The van der Waals surface area contributed by atoms with Crippen LogP contribution in [0.15, 0.2) is 12.7 Å². The fourth-order valence-corrected chi connectivity index (χ4v) is 7.27. The van der Waals surface area contributed by atoms with Gasteiger partial charge in [-0.05, 0) is 46.2 Å². The van der Waals surface area contributed by atoms with Crippen LogP contribution >= 0.6 is 12.4 Å². The molecular weight excluding hydrogens is 502 g/mol. The van der Waals surface area contributed by atoms with Crippen LogP contribution < -0.4 is 0 Å². The van der Waals surface area contributed by atoms with E-state index < -0.39 is 69.6 Å². The lowest BCUT2D eigenvalue weighted by Crippen LogP contribution is -2.87. The van der Waals surface area contributed by atoms with E-state index in [1.165, 1.54) is 19.9 Å². The number of nitrogens with zero attached hydrogens (tertiary/aromatic N) is 1. The van der Waals surface area contributed by atoms with Crippen LogP contribution in [0, 0.1) is 16.7 Å². The highest BCUT2D eigenvalue weighted by molar-refractivity contribution is 5.92. The van der Waals surface area contributed by atoms with E-state index in [0.717, 1.165) is 0 Å². The second-order valence-corrected chi connectivity index (χ2v) is 12.4. The van der Waals surface area contributed by atoms with E-state index in [4.69, 9.17) is 14.2 Å². The second-order valence-electron chi connectivity index (χ2n) is 12.4. The van der Waals surface area contributed by atoms with E-state index in [1.54, 1.807) is 13.8 Å². The highest BCUT2D eigenvalue weighted by Gasteiger charge is 2.82. The van der Waals surface area contributed by atoms with Gasteiger partial charge >= 0.3 is 11.9 Å². The number of ketones is 1. The number of aliphatic hydroxyl groups excluding tert-OH is 1. The third-order valence-electron chi connectivity index (χ3n) is 9.03. The third-order valence-corrected chi connectivity index (χ3v) is 9.03. The zero-order valence-corrected chi connectivity index (χ0v) is 24.1. The molecule has 8 atom stereocenters. The molecule has 1 saturated heterocycles. The Bertz CT molecular complexity index is 939. The van der Waals surface area contributed by atoms with Crippen molar-refractivity contribution >= 4 is 30.1 Å². The molecule has 2 N–H and O–H groups in total. The van der Waals surface area contributed by atoms with Crippen molar-refractivity contribution in [2.24, 2.45) is 16.7 Å². The summed E-state index contributed by atoms with van der Waals surface area (Å²) in [5, 5.41) is 24.0. The Morgan fingerprint density at radius 2 is 1.78 bits per heavy atom. The van der Waals surface area contributed by atoms with E-state index in [2.05, 4.69) is 6.58 Å². The van der Waals surface area contributed by atoms with Gasteiger partial charge in [0.25, 0.3) is 0 Å². The van der Waals surface area contributed by atoms with E-state index in [-0.39, 0.29) is 25.2 Å². The zero-order valence-electron chi connectivity index (χ0n) is 23.3. The third kappa shape index (κ3) is 4.75. The molecule has 8 unspecified atom stereocenters. The molecule has 9 nitrogen and oxygen atoms in total. The van der Waals surface area contributed by atoms with Gasteiger partial charge in [0, 0.05) is 31.2 Å². The average Bonchev–Trinajstić information content (AvgIpc) is 2.75. The normalized spacial score (nSPS) is 42.6. The van der Waals surface area contributed by atoms with E-state index in [9.17, 15) is 24.6 Å². The molecular formula is C27H44ClNO8. The van der Waals surface area contributed by atoms with Gasteiger partial charge in [-0.2, -0.15) is 0 Å². The summed E-state index contributed by atoms with van der Waals surface area (Å²) < 4.78 is 18.4. The summed E-state index contributed by atoms with van der Waals surface area (Å²) in [4.78, 5) is 41.3. The first-order chi connectivity index (χ1) is 16.4. The van der Waals surface area contributed by atoms with Crippen molar-refractivity contribution in [3.8, 4) is 0 Å². The summed E-state index contributed by atoms with van der Waals surface area (Å²) in [6.45, 7) is 14.2. The predicted octanol–water partition coefficient (Wildman–Crippen LogP) is 2.44. The molecule has 3 fully saturated rings. The number of fused-ring (bicyclic) bond motifs is 3. The van der Waals surface area contributed by atoms with Gasteiger partial charge in [-0.25, -0.2) is 0 Å². The largest absolute Gasteiger partial charge is 0.458 e. The molecule has 0 amide bonds. The van der Waals surface area contributed by atoms with Crippen molar-refractivity contribution in [1.82, 2.24) is 4.90 Å². The van der Waals surface area contributed by atoms with Crippen LogP contribution in [0.4, 0.5) is 0 Å². The molecule has 37 heavy (non-hydrogen) atoms. The predicted molar refractivity (Wildman–Crippen MR) is 139 cm³/mol. The fourth-order valence-electron chi connectivity index (χ4n) is 7.27. The fraction of sp³-hybridized carbons (Fsp3) is 0.815. The van der Waals surface area contributed by atoms with Crippen molar-refractivity contribution in [1.29, 1.82) is 0 Å². The Hall–Kier alpha value is -1.52. The lowest BCUT2D eigenvalue weighted by molar-refractivity contribution is -0.371. The molecule has 0 aromatic carbocycles. The van der Waals surface area contributed by atoms with Gasteiger partial charge in [-0.3, -0.25) is 14.4 Å². The number of carbonyl (C=O) groups excluding carboxylic acids is 3. The van der Waals surface area contributed by atoms with Crippen molar-refractivity contribution in [2.45, 2.75) is 102 Å². The van der Waals surface area contributed by atoms with Crippen LogP contribution in [-0.4, -0.2) is 88.6 Å². The molecule has 0 spiro atoms. The highest BCUT2D eigenvalue weighted by atomic mass is 35.5. The number of carbonyl (C=O) groups is 3. The minimum atomic E-state index is -2.24. The molecule has 1 heterocycles. The Labute approximate surface area is 226 Å². The van der Waals surface area contributed by atoms with Gasteiger partial charge in [0.1, 0.15) is 11.7 Å². The summed E-state index contributed by atoms with van der Waals surface area (Å²) in [6, 6.07) is 0. The summed E-state index contributed by atoms with van der Waals surface area (Å²) in [6.07, 6.45) is -1.19. The molecule has 0 aromatic heterocycles. The number of rotatable bonds is 6. The minimum Gasteiger partial charge on any atom is -0.458 e. The Morgan fingerprint density at radius 3 is 2.30 bits per heavy atom. The smallest absolute Gasteiger partial charge is 0.307 e. The topological polar surface area (TPSA) is 123 Å². The SMILES string of the molecule is C=CC1(C)CC(=O)C2(O)C(C)(O1)C(OC(C)=O)C(OC(=O)CCN(C)C)C1C(C)(C)CCC(O)C12C.Cl. The standard InChI is InChI=1S/C27H43NO8.ClH/c1-10-24(5)15-18(31)27(33)25(6)17(30)11-13-23(3,4)21(25)20(35-19(32)12-14-28(8)9)22(34-16(2)29)26(27,7)36-24;/h10,17,20-22,30,33H,1,11-15H2,2-9H3;1H. The van der Waals surface area contributed by atoms with Gasteiger partial charge < -0.3 is 29.3 Å². The first-order valence-electron chi connectivity index (χ1n) is 12.7. The molecule has 1 aliphatic heterocycles. The maximum atomic E-state index is 13.9. The van der Waals surface area contributed by atoms with Crippen molar-refractivity contribution in [2.75, 3.05) is 20.6 Å². The molecule has 0 aromatic rings. The van der Waals surface area contributed by atoms with Gasteiger partial charge in [0.05, 0.1) is 18.1 Å². The van der Waals surface area contributed by atoms with Gasteiger partial charge in [0.15, 0.2) is 17.5 Å². The number of aliphatic hydroxyl groups is 2. The quantitative estimate of drug-likeness (QED) is 0.382. The van der Waals surface area contributed by atoms with Crippen LogP contribution in [0.5, 0.6) is 0 Å². The molecule has 212 valence electrons. The van der Waals surface area contributed by atoms with Crippen LogP contribution in [-0.2, 0) is 28.6 Å². The van der Waals surface area contributed by atoms with Gasteiger partial charge in [-0.1, -0.05) is 26.8 Å². The lowest BCUT2D eigenvalue weighted by atomic mass is 9.39. The molecule has 2 aliphatic carbocycles. The molecule has 2 saturated carbocycles. The minimum absolute atomic E-state index is 0. The van der Waals surface area contributed by atoms with Gasteiger partial charge in [-0.15, -0.1) is 19.0 Å². The molecule has 3 rings (SSSR count). The number of ether oxygens (including phenoxy) is 3. The number of halogens is 1. The first-order valence-corrected chi connectivity index (χ1v) is 12.7. The summed E-state index contributed by atoms with van der Waals surface area (Å²) in [5.41, 5.74) is -7.31. The summed E-state index contributed by atoms with van der Waals surface area (Å²) in [7, 11) is 3.68. The van der Waals surface area contributed by atoms with Crippen LogP contribution in [0.2, 0.25) is 0 Å². The zero-order chi connectivity index (χ0) is 27.5. The van der Waals surface area contributed by atoms with Gasteiger partial charge in [0.2, 0.25) is 0 Å². The molecule has 10 heteroatoms. The van der Waals surface area contributed by atoms with Crippen molar-refractivity contribution in [3.05, 3.63) is 12.7 Å². The Kier molecular flexibility index (Phi) is 8.76. The Morgan fingerprint density at radius 1 is 1.19 bits per heavy atom. The molecule has 0 radical (unpaired) electrons. The highest BCUT2D eigenvalue weighted by Crippen LogP contribution is 2.67. The summed E-state index contributed by atoms with van der Waals surface area (Å²) in [5.74, 6) is -2.43. The van der Waals surface area contributed by atoms with Crippen LogP contribution in [0.1, 0.15) is 67.2 Å². The van der Waals surface area contributed by atoms with E-state index in [1.807, 2.05) is 32.8 Å². The lowest BCUT2D eigenvalue weighted by Gasteiger charge is -2.71. The number of Topliss-reactive ketones (excluding diaryl/α,β-unsaturated/α-hetero) is 1. The van der Waals surface area contributed by atoms with Crippen molar-refractivity contribution < 1.29 is 38.8 Å². The van der Waals surface area contributed by atoms with E-state index >= 15 is 0 Å². The summed E-state index contributed by atoms with van der Waals surface area (Å²) >= 11 is 0. The molecule has 3 aliphatic rings. The van der Waals surface area contributed by atoms with Crippen LogP contribution in [0.3, 0.4) is 0 Å². The van der Waals surface area contributed by atoms with E-state index in [0.29, 0.717) is 19.4 Å². The average molecular weight is 546 g/mol. The first kappa shape index (κ1) is 31.7. The maximum absolute atomic E-state index is 13.9. The second kappa shape index (κ2) is 10.2. The van der Waals surface area contributed by atoms with Crippen molar-refractivity contribution in [3.63, 3.8) is 0 Å². The maximum Gasteiger partial charge on any atom is 0.307 e. The Balaban J connectivity index is 0.00000481. The monoisotopic (exact) mass is 545 g/mol. The number of esters is 2. The number of hydrogen-bond acceptors (Lipinski definition) is 9. The molecule has 0 bridgehead atoms. The van der Waals surface area contributed by atoms with Crippen LogP contribution in [0.25, 0.3) is 0 Å².